The fraction of sp³-hybridized carbons (Fsp3) is 0.185. The Hall–Kier alpha value is -7.77. The van der Waals surface area contributed by atoms with E-state index in [-0.39, 0.29) is 94.9 Å². The summed E-state index contributed by atoms with van der Waals surface area (Å²) >= 11 is 5.40. The van der Waals surface area contributed by atoms with Gasteiger partial charge in [0, 0.05) is 93.2 Å². The van der Waals surface area contributed by atoms with Gasteiger partial charge in [-0.05, 0) is 144 Å². The van der Waals surface area contributed by atoms with Gasteiger partial charge in [-0.25, -0.2) is 0 Å². The number of carbonyl (C=O) groups excluding carboxylic acids is 3. The maximum absolute atomic E-state index is 10.0. The quantitative estimate of drug-likeness (QED) is 0.0729. The summed E-state index contributed by atoms with van der Waals surface area (Å²) in [6.45, 7) is 27.6. The van der Waals surface area contributed by atoms with Crippen LogP contribution in [0.15, 0.2) is 199 Å². The Morgan fingerprint density at radius 2 is 0.667 bits per heavy atom. The van der Waals surface area contributed by atoms with E-state index >= 15 is 0 Å². The first-order valence-electron chi connectivity index (χ1n) is 30.2. The topological polar surface area (TPSA) is 151 Å². The summed E-state index contributed by atoms with van der Waals surface area (Å²) in [5.74, 6) is -0.187. The van der Waals surface area contributed by atoms with Gasteiger partial charge in [0.05, 0.1) is 47.9 Å². The molecule has 0 aliphatic rings. The van der Waals surface area contributed by atoms with Gasteiger partial charge < -0.3 is 15.3 Å². The number of pyridine rings is 3. The van der Waals surface area contributed by atoms with Crippen molar-refractivity contribution in [2.24, 2.45) is 0 Å². The van der Waals surface area contributed by atoms with Crippen molar-refractivity contribution < 1.29 is 90.0 Å². The number of aromatic nitrogens is 3. The first-order chi connectivity index (χ1) is 44.2. The van der Waals surface area contributed by atoms with Crippen LogP contribution in [0.1, 0.15) is 91.6 Å². The molecule has 96 heavy (non-hydrogen) atoms. The summed E-state index contributed by atoms with van der Waals surface area (Å²) in [5, 5.41) is 25.1. The minimum absolute atomic E-state index is 0. The Morgan fingerprint density at radius 3 is 0.969 bits per heavy atom. The van der Waals surface area contributed by atoms with Crippen LogP contribution in [-0.2, 0) is 74.7 Å². The molecule has 0 aliphatic carbocycles. The van der Waals surface area contributed by atoms with E-state index in [9.17, 15) is 14.4 Å². The van der Waals surface area contributed by atoms with Crippen molar-refractivity contribution in [3.05, 3.63) is 268 Å². The van der Waals surface area contributed by atoms with Gasteiger partial charge in [-0.1, -0.05) is 138 Å². The van der Waals surface area contributed by atoms with Crippen molar-refractivity contribution in [2.45, 2.75) is 104 Å². The van der Waals surface area contributed by atoms with Crippen molar-refractivity contribution in [3.8, 4) is 65.1 Å². The summed E-state index contributed by atoms with van der Waals surface area (Å²) in [6.07, 6.45) is 3.50. The van der Waals surface area contributed by atoms with Crippen LogP contribution in [0.25, 0.3) is 95.7 Å². The van der Waals surface area contributed by atoms with Crippen LogP contribution >= 0.6 is 34.0 Å². The SMILES string of the molecule is CC(=O)C=C(C)O.CC(=O)C=C(C)O.CC(=O)C=C(C)O.Cc1[c-]c(-c2ccc3sc(-c4c(C)cccc4C)cc3n2)cc(C)c1.Cc1[c-]c(-c2ccc3sc(-c4ccc(C)cc4)cc3n2)cc(C)c1.Cc1[c-]c(-c2ccc3sc(-c4ccccc4)cc3n2)cc(C)c1.[Ir].[Ir].[Ir]. The number of carbonyl (C=O) groups is 3. The van der Waals surface area contributed by atoms with E-state index in [1.165, 1.54) is 139 Å². The molecule has 3 N–H and O–H groups in total. The molecule has 501 valence electrons. The predicted molar refractivity (Wildman–Crippen MR) is 392 cm³/mol. The number of aliphatic hydroxyl groups is 3. The molecule has 0 fully saturated rings. The van der Waals surface area contributed by atoms with Gasteiger partial charge in [0.2, 0.25) is 0 Å². The molecule has 0 saturated carbocycles. The average molecular weight is 1860 g/mol. The number of benzene rings is 6. The standard InChI is InChI=1S/C23H20NS.C22H18NS.C21H16NS.3C5H8O2.3Ir/c1-14-10-15(2)12-18(11-14)19-8-9-21-20(24-19)13-22(25-21)23-16(3)6-5-7-17(23)4;1-14-4-6-17(7-5-14)22-13-20-21(24-22)9-8-19(23-20)18-11-15(2)10-16(3)12-18;1-14-10-15(2)12-17(11-14)18-8-9-20-19(22-18)13-21(23-20)16-6-4-3-5-7-16;3*1-4(6)3-5(2)7;;;/h5-11,13H,1-4H3;4-11,13H,1-3H3;3-11,13H,1-2H3;3*3,6H,1-2H3;;;/q3*-1;;;;;;. The van der Waals surface area contributed by atoms with Crippen molar-refractivity contribution in [1.29, 1.82) is 0 Å². The van der Waals surface area contributed by atoms with E-state index in [1.54, 1.807) is 22.7 Å². The predicted octanol–water partition coefficient (Wildman–Crippen LogP) is 22.2. The molecular formula is C81H78Ir3N3O6S3-3. The largest absolute Gasteiger partial charge is 0.512 e. The Bertz CT molecular complexity index is 4580. The number of thiophene rings is 3. The minimum Gasteiger partial charge on any atom is -0.512 e. The first kappa shape index (κ1) is 80.7. The second-order valence-electron chi connectivity index (χ2n) is 23.0. The molecule has 12 rings (SSSR count). The van der Waals surface area contributed by atoms with E-state index in [0.717, 1.165) is 67.0 Å². The fourth-order valence-electron chi connectivity index (χ4n) is 10.1. The van der Waals surface area contributed by atoms with E-state index in [4.69, 9.17) is 30.3 Å². The molecule has 0 saturated heterocycles. The zero-order valence-electron chi connectivity index (χ0n) is 56.5. The van der Waals surface area contributed by atoms with Crippen LogP contribution < -0.4 is 0 Å². The van der Waals surface area contributed by atoms with Gasteiger partial charge in [0.1, 0.15) is 0 Å². The summed E-state index contributed by atoms with van der Waals surface area (Å²) < 4.78 is 3.67. The molecular weight excluding hydrogens is 1780 g/mol. The summed E-state index contributed by atoms with van der Waals surface area (Å²) in [5.41, 5.74) is 24.3. The fourth-order valence-corrected chi connectivity index (χ4v) is 13.3. The van der Waals surface area contributed by atoms with E-state index in [0.29, 0.717) is 0 Å². The van der Waals surface area contributed by atoms with E-state index < -0.39 is 0 Å². The summed E-state index contributed by atoms with van der Waals surface area (Å²) in [7, 11) is 0. The van der Waals surface area contributed by atoms with Crippen LogP contribution in [0.5, 0.6) is 0 Å². The third-order valence-corrected chi connectivity index (χ3v) is 17.1. The average Bonchev–Trinajstić information content (AvgIpc) is 1.63. The molecule has 0 bridgehead atoms. The number of fused-ring (bicyclic) bond motifs is 3. The minimum atomic E-state index is -0.125. The molecule has 3 radical (unpaired) electrons. The molecule has 15 heteroatoms. The van der Waals surface area contributed by atoms with E-state index in [1.807, 2.05) is 17.4 Å². The van der Waals surface area contributed by atoms with Crippen LogP contribution in [0.3, 0.4) is 0 Å². The molecule has 0 amide bonds. The van der Waals surface area contributed by atoms with Crippen molar-refractivity contribution in [2.75, 3.05) is 0 Å². The zero-order valence-corrected chi connectivity index (χ0v) is 66.1. The molecule has 6 aromatic carbocycles. The number of ketones is 3. The molecule has 6 heterocycles. The Labute approximate surface area is 618 Å². The van der Waals surface area contributed by atoms with Crippen LogP contribution in [0, 0.1) is 80.5 Å². The zero-order chi connectivity index (χ0) is 67.6. The van der Waals surface area contributed by atoms with Gasteiger partial charge in [0.15, 0.2) is 17.3 Å². The number of hydrogen-bond donors (Lipinski definition) is 3. The normalized spacial score (nSPS) is 10.8. The third kappa shape index (κ3) is 24.7. The molecule has 0 atom stereocenters. The third-order valence-electron chi connectivity index (χ3n) is 13.8. The van der Waals surface area contributed by atoms with Gasteiger partial charge in [-0.15, -0.1) is 139 Å². The second kappa shape index (κ2) is 38.2. The van der Waals surface area contributed by atoms with Gasteiger partial charge >= 0.3 is 0 Å². The van der Waals surface area contributed by atoms with Gasteiger partial charge in [0.25, 0.3) is 0 Å². The number of aryl methyl sites for hydroxylation is 9. The Balaban J connectivity index is 0.000000263. The van der Waals surface area contributed by atoms with Crippen molar-refractivity contribution in [3.63, 3.8) is 0 Å². The number of hydrogen-bond acceptors (Lipinski definition) is 12. The number of aliphatic hydroxyl groups excluding tert-OH is 3. The van der Waals surface area contributed by atoms with Crippen molar-refractivity contribution in [1.82, 2.24) is 15.0 Å². The molecule has 12 aromatic rings. The maximum atomic E-state index is 10.0. The Kier molecular flexibility index (Phi) is 32.1. The van der Waals surface area contributed by atoms with Gasteiger partial charge in [-0.3, -0.25) is 29.3 Å². The molecule has 0 unspecified atom stereocenters. The number of allylic oxidation sites excluding steroid dienone is 6. The summed E-state index contributed by atoms with van der Waals surface area (Å²) in [4.78, 5) is 48.5. The smallest absolute Gasteiger partial charge is 0.155 e. The van der Waals surface area contributed by atoms with Gasteiger partial charge in [-0.2, -0.15) is 0 Å². The summed E-state index contributed by atoms with van der Waals surface area (Å²) in [6, 6.07) is 68.2. The maximum Gasteiger partial charge on any atom is 0.155 e. The molecule has 6 aromatic heterocycles. The molecule has 0 aliphatic heterocycles. The number of nitrogens with zero attached hydrogens (tertiary/aromatic N) is 3. The second-order valence-corrected chi connectivity index (χ2v) is 26.3. The molecule has 9 nitrogen and oxygen atoms in total. The van der Waals surface area contributed by atoms with Crippen LogP contribution in [0.2, 0.25) is 0 Å². The molecule has 0 spiro atoms. The monoisotopic (exact) mass is 1860 g/mol. The van der Waals surface area contributed by atoms with E-state index in [2.05, 4.69) is 238 Å². The van der Waals surface area contributed by atoms with Crippen LogP contribution in [0.4, 0.5) is 0 Å². The number of rotatable bonds is 9. The van der Waals surface area contributed by atoms with Crippen molar-refractivity contribution >= 4 is 82.0 Å². The Morgan fingerprint density at radius 1 is 0.354 bits per heavy atom. The van der Waals surface area contributed by atoms with Crippen LogP contribution in [-0.4, -0.2) is 47.6 Å². The first-order valence-corrected chi connectivity index (χ1v) is 32.7.